The Morgan fingerprint density at radius 3 is 0.733 bits per heavy atom. The van der Waals surface area contributed by atoms with Gasteiger partial charge in [0.25, 0.3) is 0 Å². The Kier molecular flexibility index (Phi) is 8.58. The van der Waals surface area contributed by atoms with Crippen molar-refractivity contribution < 1.29 is 57.2 Å². The highest BCUT2D eigenvalue weighted by Gasteiger charge is 2.59. The van der Waals surface area contributed by atoms with E-state index in [0.29, 0.717) is 50.1 Å². The number of esters is 6. The Morgan fingerprint density at radius 2 is 0.578 bits per heavy atom. The first kappa shape index (κ1) is 33.2. The van der Waals surface area contributed by atoms with E-state index in [4.69, 9.17) is 28.4 Å². The Bertz CT molecular complexity index is 1340. The molecule has 4 rings (SSSR count). The average Bonchev–Trinajstić information content (AvgIpc) is 3.04. The maximum atomic E-state index is 13.3. The summed E-state index contributed by atoms with van der Waals surface area (Å²) in [6, 6.07) is 0. The van der Waals surface area contributed by atoms with E-state index < -0.39 is 52.1 Å². The molecule has 0 unspecified atom stereocenters. The van der Waals surface area contributed by atoms with Gasteiger partial charge in [0.05, 0.1) is 42.7 Å². The van der Waals surface area contributed by atoms with Gasteiger partial charge in [-0.05, 0) is 69.4 Å². The maximum Gasteiger partial charge on any atom is 0.323 e. The zero-order valence-corrected chi connectivity index (χ0v) is 26.3. The molecule has 0 amide bonds. The van der Waals surface area contributed by atoms with E-state index in [2.05, 4.69) is 19.7 Å². The van der Waals surface area contributed by atoms with Gasteiger partial charge >= 0.3 is 35.8 Å². The summed E-state index contributed by atoms with van der Waals surface area (Å²) in [5.41, 5.74) is -1.72. The molecule has 0 N–H and O–H groups in total. The predicted octanol–water partition coefficient (Wildman–Crippen LogP) is 2.56. The Morgan fingerprint density at radius 1 is 0.400 bits per heavy atom. The third-order valence-electron chi connectivity index (χ3n) is 9.31. The summed E-state index contributed by atoms with van der Waals surface area (Å²) in [5, 5.41) is 0. The van der Waals surface area contributed by atoms with E-state index >= 15 is 0 Å². The molecule has 0 saturated heterocycles. The SMILES string of the molecule is C=C1CC(C(=O)OC)(C(=O)OC)Cc2c1c1c(c3c2C(=C)CC(C(=O)OC)(C(=O)OC)C3)C(=C)CC(C(=O)OC)(C(=O)OC)C1. The number of hydrogen-bond donors (Lipinski definition) is 0. The molecule has 1 aromatic carbocycles. The summed E-state index contributed by atoms with van der Waals surface area (Å²) >= 11 is 0. The van der Waals surface area contributed by atoms with Crippen molar-refractivity contribution in [3.63, 3.8) is 0 Å². The molecule has 240 valence electrons. The van der Waals surface area contributed by atoms with Gasteiger partial charge in [0.15, 0.2) is 16.2 Å². The normalized spacial score (nSPS) is 18.7. The van der Waals surface area contributed by atoms with E-state index in [9.17, 15) is 28.8 Å². The smallest absolute Gasteiger partial charge is 0.323 e. The van der Waals surface area contributed by atoms with Crippen LogP contribution in [0.2, 0.25) is 0 Å². The van der Waals surface area contributed by atoms with Gasteiger partial charge in [-0.2, -0.15) is 0 Å². The molecule has 45 heavy (non-hydrogen) atoms. The number of benzene rings is 1. The Balaban J connectivity index is 2.18. The quantitative estimate of drug-likeness (QED) is 0.259. The van der Waals surface area contributed by atoms with Crippen LogP contribution in [-0.4, -0.2) is 78.5 Å². The molecule has 0 bridgehead atoms. The van der Waals surface area contributed by atoms with Crippen molar-refractivity contribution in [1.82, 2.24) is 0 Å². The first-order valence-electron chi connectivity index (χ1n) is 14.0. The lowest BCUT2D eigenvalue weighted by Gasteiger charge is -2.45. The molecule has 0 heterocycles. The molecule has 0 saturated carbocycles. The predicted molar refractivity (Wildman–Crippen MR) is 158 cm³/mol. The van der Waals surface area contributed by atoms with E-state index in [-0.39, 0.29) is 38.5 Å². The fourth-order valence-corrected chi connectivity index (χ4v) is 7.47. The van der Waals surface area contributed by atoms with Crippen LogP contribution in [0.15, 0.2) is 19.7 Å². The van der Waals surface area contributed by atoms with Gasteiger partial charge in [0.2, 0.25) is 0 Å². The highest BCUT2D eigenvalue weighted by molar-refractivity contribution is 6.08. The Labute approximate surface area is 260 Å². The van der Waals surface area contributed by atoms with Crippen LogP contribution in [0, 0.1) is 16.2 Å². The molecular formula is C33H36O12. The van der Waals surface area contributed by atoms with Crippen LogP contribution in [0.25, 0.3) is 16.7 Å². The summed E-state index contributed by atoms with van der Waals surface area (Å²) in [5.74, 6) is -5.11. The zero-order valence-electron chi connectivity index (χ0n) is 26.3. The molecule has 0 atom stereocenters. The molecule has 0 spiro atoms. The molecule has 3 aliphatic carbocycles. The molecule has 12 heteroatoms. The third kappa shape index (κ3) is 4.57. The number of carbonyl (C=O) groups excluding carboxylic acids is 6. The summed E-state index contributed by atoms with van der Waals surface area (Å²) in [6.07, 6.45) is -1.26. The second-order valence-electron chi connectivity index (χ2n) is 11.6. The topological polar surface area (TPSA) is 158 Å². The number of methoxy groups -OCH3 is 6. The minimum Gasteiger partial charge on any atom is -0.468 e. The third-order valence-corrected chi connectivity index (χ3v) is 9.31. The Hall–Kier alpha value is -4.74. The number of rotatable bonds is 6. The van der Waals surface area contributed by atoms with Crippen molar-refractivity contribution in [3.8, 4) is 0 Å². The molecule has 0 radical (unpaired) electrons. The number of allylic oxidation sites excluding steroid dienone is 3. The van der Waals surface area contributed by atoms with Crippen LogP contribution in [0.1, 0.15) is 52.6 Å². The van der Waals surface area contributed by atoms with Crippen molar-refractivity contribution in [2.75, 3.05) is 42.7 Å². The second-order valence-corrected chi connectivity index (χ2v) is 11.6. The standard InChI is InChI=1S/C33H36O12/c1-16-10-31(25(34)40-4,26(35)41-5)13-19-22(16)20-14-32(27(36)42-6,28(37)43-7)11-17(2)24(20)21-15-33(29(38)44-8,30(39)45-9)12-18(3)23(19)21/h1-3,10-15H2,4-9H3. The zero-order chi connectivity index (χ0) is 33.6. The van der Waals surface area contributed by atoms with Crippen LogP contribution >= 0.6 is 0 Å². The van der Waals surface area contributed by atoms with Crippen molar-refractivity contribution in [3.05, 3.63) is 53.1 Å². The summed E-state index contributed by atoms with van der Waals surface area (Å²) in [7, 11) is 6.91. The fourth-order valence-electron chi connectivity index (χ4n) is 7.47. The van der Waals surface area contributed by atoms with Crippen molar-refractivity contribution >= 4 is 52.5 Å². The van der Waals surface area contributed by atoms with Gasteiger partial charge < -0.3 is 28.4 Å². The lowest BCUT2D eigenvalue weighted by Crippen LogP contribution is -2.49. The van der Waals surface area contributed by atoms with Crippen LogP contribution in [0.4, 0.5) is 0 Å². The van der Waals surface area contributed by atoms with Crippen LogP contribution in [-0.2, 0) is 76.5 Å². The first-order valence-corrected chi connectivity index (χ1v) is 14.0. The van der Waals surface area contributed by atoms with E-state index in [1.165, 1.54) is 0 Å². The van der Waals surface area contributed by atoms with Crippen LogP contribution in [0.3, 0.4) is 0 Å². The molecule has 12 nitrogen and oxygen atoms in total. The molecular weight excluding hydrogens is 588 g/mol. The highest BCUT2D eigenvalue weighted by atomic mass is 16.6. The van der Waals surface area contributed by atoms with Crippen molar-refractivity contribution in [2.45, 2.75) is 38.5 Å². The van der Waals surface area contributed by atoms with Crippen LogP contribution in [0.5, 0.6) is 0 Å². The van der Waals surface area contributed by atoms with Gasteiger partial charge in [0, 0.05) is 19.3 Å². The first-order chi connectivity index (χ1) is 21.2. The lowest BCUT2D eigenvalue weighted by atomic mass is 9.57. The monoisotopic (exact) mass is 624 g/mol. The minimum absolute atomic E-state index is 0.193. The van der Waals surface area contributed by atoms with Gasteiger partial charge in [-0.3, -0.25) is 28.8 Å². The highest BCUT2D eigenvalue weighted by Crippen LogP contribution is 2.57. The number of carbonyl (C=O) groups is 6. The van der Waals surface area contributed by atoms with E-state index in [1.807, 2.05) is 0 Å². The van der Waals surface area contributed by atoms with E-state index in [1.54, 1.807) is 0 Å². The van der Waals surface area contributed by atoms with Gasteiger partial charge in [-0.15, -0.1) is 0 Å². The number of hydrogen-bond acceptors (Lipinski definition) is 12. The maximum absolute atomic E-state index is 13.3. The molecule has 0 aliphatic heterocycles. The van der Waals surface area contributed by atoms with Crippen molar-refractivity contribution in [2.24, 2.45) is 16.2 Å². The molecule has 3 aliphatic rings. The molecule has 1 aromatic rings. The second kappa shape index (κ2) is 11.6. The summed E-state index contributed by atoms with van der Waals surface area (Å²) < 4.78 is 30.4. The van der Waals surface area contributed by atoms with Crippen LogP contribution < -0.4 is 0 Å². The molecule has 0 fully saturated rings. The summed E-state index contributed by atoms with van der Waals surface area (Å²) in [4.78, 5) is 79.8. The lowest BCUT2D eigenvalue weighted by molar-refractivity contribution is -0.170. The molecule has 0 aromatic heterocycles. The summed E-state index contributed by atoms with van der Waals surface area (Å²) in [6.45, 7) is 12.7. The number of ether oxygens (including phenoxy) is 6. The van der Waals surface area contributed by atoms with Gasteiger partial charge in [-0.25, -0.2) is 0 Å². The fraction of sp³-hybridized carbons (Fsp3) is 0.455. The minimum atomic E-state index is -1.83. The average molecular weight is 625 g/mol. The van der Waals surface area contributed by atoms with Gasteiger partial charge in [0.1, 0.15) is 0 Å². The number of fused-ring (bicyclic) bond motifs is 6. The largest absolute Gasteiger partial charge is 0.468 e. The van der Waals surface area contributed by atoms with Crippen molar-refractivity contribution in [1.29, 1.82) is 0 Å². The van der Waals surface area contributed by atoms with E-state index in [0.717, 1.165) is 42.7 Å². The van der Waals surface area contributed by atoms with Gasteiger partial charge in [-0.1, -0.05) is 19.7 Å².